The van der Waals surface area contributed by atoms with Crippen molar-refractivity contribution in [1.82, 2.24) is 24.1 Å². The number of fused-ring (bicyclic) bond motifs is 16. The molecule has 0 amide bonds. The Morgan fingerprint density at radius 2 is 0.798 bits per heavy atom. The molecule has 0 aliphatic heterocycles. The molecule has 0 radical (unpaired) electrons. The van der Waals surface area contributed by atoms with Crippen molar-refractivity contribution in [1.29, 1.82) is 21.0 Å². The third-order valence-corrected chi connectivity index (χ3v) is 25.9. The zero-order valence-electron chi connectivity index (χ0n) is 57.9. The average molecular weight is 1410 g/mol. The van der Waals surface area contributed by atoms with E-state index in [0.717, 1.165) is 246 Å². The second-order valence-corrected chi connectivity index (χ2v) is 31.2. The van der Waals surface area contributed by atoms with Crippen LogP contribution in [0.1, 0.15) is 237 Å². The predicted molar refractivity (Wildman–Crippen MR) is 399 cm³/mol. The molecule has 19 heteroatoms. The molecule has 0 saturated carbocycles. The molecule has 7 aromatic heterocycles. The van der Waals surface area contributed by atoms with Crippen molar-refractivity contribution in [2.45, 2.75) is 216 Å². The summed E-state index contributed by atoms with van der Waals surface area (Å²) in [5.41, 5.74) is 7.24. The van der Waals surface area contributed by atoms with Crippen LogP contribution >= 0.6 is 45.3 Å². The number of aromatic nitrogens is 5. The van der Waals surface area contributed by atoms with Gasteiger partial charge >= 0.3 is 0 Å². The highest BCUT2D eigenvalue weighted by atomic mass is 32.1. The normalized spacial score (nSPS) is 14.9. The van der Waals surface area contributed by atoms with Gasteiger partial charge in [-0.1, -0.05) is 152 Å². The number of unbranched alkanes of at least 4 members (excludes halogenated alkanes) is 9. The first-order valence-electron chi connectivity index (χ1n) is 35.9. The second kappa shape index (κ2) is 30.4. The summed E-state index contributed by atoms with van der Waals surface area (Å²) in [4.78, 5) is 33.0. The highest BCUT2D eigenvalue weighted by Crippen LogP contribution is 2.56. The van der Waals surface area contributed by atoms with Gasteiger partial charge < -0.3 is 9.13 Å². The molecule has 7 heterocycles. The van der Waals surface area contributed by atoms with E-state index in [9.17, 15) is 30.6 Å². The first-order valence-corrected chi connectivity index (χ1v) is 39.2. The van der Waals surface area contributed by atoms with Gasteiger partial charge in [0.15, 0.2) is 34.8 Å². The maximum absolute atomic E-state index is 15.2. The summed E-state index contributed by atoms with van der Waals surface area (Å²) in [6.45, 7) is 19.9. The Bertz CT molecular complexity index is 4860. The Balaban J connectivity index is 1.24. The minimum Gasteiger partial charge on any atom is -0.337 e. The number of allylic oxidation sites excluding steroid dienone is 6. The number of nitrogens with zero attached hydrogens (tertiary/aromatic N) is 9. The molecule has 512 valence electrons. The number of rotatable bonds is 30. The van der Waals surface area contributed by atoms with E-state index in [1.165, 1.54) is 0 Å². The third-order valence-electron chi connectivity index (χ3n) is 20.8. The predicted octanol–water partition coefficient (Wildman–Crippen LogP) is 23.8. The second-order valence-electron chi connectivity index (χ2n) is 27.1. The molecular formula is C80H83F4N9O2S4. The van der Waals surface area contributed by atoms with Crippen LogP contribution in [0.2, 0.25) is 0 Å². The van der Waals surface area contributed by atoms with Crippen molar-refractivity contribution in [3.63, 3.8) is 0 Å². The van der Waals surface area contributed by atoms with E-state index >= 15 is 17.6 Å². The molecule has 0 fully saturated rings. The third kappa shape index (κ3) is 12.7. The molecule has 2 aliphatic carbocycles. The Kier molecular flexibility index (Phi) is 21.8. The molecule has 12 rings (SSSR count). The van der Waals surface area contributed by atoms with Gasteiger partial charge in [0.25, 0.3) is 0 Å². The number of aryl methyl sites for hydroxylation is 2. The summed E-state index contributed by atoms with van der Waals surface area (Å²) in [6, 6.07) is 11.4. The van der Waals surface area contributed by atoms with Crippen LogP contribution in [0.25, 0.3) is 95.4 Å². The average Bonchev–Trinajstić information content (AvgIpc) is 1.50. The Hall–Kier alpha value is -8.04. The minimum atomic E-state index is -1.19. The highest BCUT2D eigenvalue weighted by molar-refractivity contribution is 7.34. The molecule has 99 heavy (non-hydrogen) atoms. The van der Waals surface area contributed by atoms with E-state index in [2.05, 4.69) is 64.5 Å². The largest absolute Gasteiger partial charge is 0.337 e. The van der Waals surface area contributed by atoms with Gasteiger partial charge in [-0.25, -0.2) is 17.6 Å². The molecule has 0 spiro atoms. The monoisotopic (exact) mass is 1410 g/mol. The van der Waals surface area contributed by atoms with Crippen molar-refractivity contribution < 1.29 is 27.2 Å². The van der Waals surface area contributed by atoms with Crippen LogP contribution in [0.5, 0.6) is 0 Å². The molecule has 3 aromatic carbocycles. The number of nitriles is 4. The number of carbonyl (C=O) groups excluding carboxylic acids is 2. The van der Waals surface area contributed by atoms with Crippen molar-refractivity contribution >= 4 is 152 Å². The van der Waals surface area contributed by atoms with Crippen molar-refractivity contribution in [2.24, 2.45) is 17.8 Å². The molecule has 3 unspecified atom stereocenters. The fourth-order valence-corrected chi connectivity index (χ4v) is 21.2. The lowest BCUT2D eigenvalue weighted by Crippen LogP contribution is -2.13. The first kappa shape index (κ1) is 70.8. The van der Waals surface area contributed by atoms with Gasteiger partial charge in [0, 0.05) is 67.0 Å². The van der Waals surface area contributed by atoms with Crippen LogP contribution in [0.15, 0.2) is 46.6 Å². The summed E-state index contributed by atoms with van der Waals surface area (Å²) in [5.74, 6) is -5.05. The number of thiophene rings is 4. The van der Waals surface area contributed by atoms with E-state index in [0.29, 0.717) is 38.4 Å². The summed E-state index contributed by atoms with van der Waals surface area (Å²) in [7, 11) is 0. The van der Waals surface area contributed by atoms with Gasteiger partial charge in [0.2, 0.25) is 0 Å². The molecule has 11 nitrogen and oxygen atoms in total. The molecular weight excluding hydrogens is 1320 g/mol. The molecule has 2 aliphatic rings. The van der Waals surface area contributed by atoms with Crippen molar-refractivity contribution in [3.05, 3.63) is 113 Å². The quantitative estimate of drug-likeness (QED) is 0.0185. The van der Waals surface area contributed by atoms with Gasteiger partial charge in [-0.15, -0.1) is 45.3 Å². The zero-order valence-corrected chi connectivity index (χ0v) is 61.1. The summed E-state index contributed by atoms with van der Waals surface area (Å²) >= 11 is 6.65. The number of hydrogen-bond donors (Lipinski definition) is 0. The fourth-order valence-electron chi connectivity index (χ4n) is 15.3. The number of benzene rings is 3. The Morgan fingerprint density at radius 1 is 0.444 bits per heavy atom. The van der Waals surface area contributed by atoms with Gasteiger partial charge in [0.1, 0.15) is 46.5 Å². The fraction of sp³-hybridized carbons (Fsp3) is 0.450. The SMILES string of the molecule is CCCCCCc1c(C=C2C(=O)c3cc(F)c(F)cc3C2=C(C#N)C#N)sc2c1sc1c3c4nn(CC(CC)CCCC)nc4c4c5sc6c(CCCCCC)c(C=C7C(=O)c8cc(F)c(F)cc8C7=C(C#N)C#N)sc6c5n(CC(CC)CCCC)c4c3n(CC(CC)CCCC)c21. The Morgan fingerprint density at radius 3 is 1.14 bits per heavy atom. The molecule has 3 atom stereocenters. The molecule has 0 bridgehead atoms. The summed E-state index contributed by atoms with van der Waals surface area (Å²) in [6.07, 6.45) is 24.8. The van der Waals surface area contributed by atoms with E-state index in [4.69, 9.17) is 10.2 Å². The van der Waals surface area contributed by atoms with E-state index in [1.807, 2.05) is 29.1 Å². The molecule has 0 saturated heterocycles. The lowest BCUT2D eigenvalue weighted by Gasteiger charge is -2.20. The van der Waals surface area contributed by atoms with Gasteiger partial charge in [-0.05, 0) is 121 Å². The van der Waals surface area contributed by atoms with Crippen LogP contribution in [-0.4, -0.2) is 35.7 Å². The smallest absolute Gasteiger partial charge is 0.194 e. The standard InChI is InChI=1S/C80H83F4N9O2S4/c1-9-17-22-24-29-49-61(35-55-63(47(37-85)38-86)51-31-57(81)59(83)33-53(51)73(55)94)96-79-71-77(98-75(49)79)65-67-68(90-93(89-67)43-46(16-8)28-21-13-5)66-70(69(65)91(71)41-44(14-6)26-19-11-3)92(42-45(15-7)27-20-12-4)72-78(66)99-76-50(30-25-23-18-10-2)62(97-80(72)76)36-56-64(48(39-87)40-88)52-32-58(82)60(84)34-54(52)74(56)95/h31-36,44-46H,9-30,41-43H2,1-8H3. The zero-order chi connectivity index (χ0) is 70.1. The van der Waals surface area contributed by atoms with E-state index in [1.54, 1.807) is 57.5 Å². The van der Waals surface area contributed by atoms with Gasteiger partial charge in [-0.2, -0.15) is 36.0 Å². The molecule has 0 N–H and O–H groups in total. The summed E-state index contributed by atoms with van der Waals surface area (Å²) < 4.78 is 72.3. The van der Waals surface area contributed by atoms with Crippen LogP contribution in [-0.2, 0) is 32.5 Å². The van der Waals surface area contributed by atoms with E-state index in [-0.39, 0.29) is 67.5 Å². The number of carbonyl (C=O) groups is 2. The lowest BCUT2D eigenvalue weighted by atomic mass is 9.98. The van der Waals surface area contributed by atoms with Crippen molar-refractivity contribution in [2.75, 3.05) is 0 Å². The summed E-state index contributed by atoms with van der Waals surface area (Å²) in [5, 5.41) is 55.2. The minimum absolute atomic E-state index is 0.00148. The van der Waals surface area contributed by atoms with E-state index < -0.39 is 34.8 Å². The maximum Gasteiger partial charge on any atom is 0.194 e. The first-order chi connectivity index (χ1) is 48.1. The van der Waals surface area contributed by atoms with Gasteiger partial charge in [-0.3, -0.25) is 9.59 Å². The topological polar surface area (TPSA) is 170 Å². The van der Waals surface area contributed by atoms with Crippen LogP contribution in [0.4, 0.5) is 17.6 Å². The van der Waals surface area contributed by atoms with Gasteiger partial charge in [0.05, 0.1) is 56.8 Å². The number of hydrogen-bond acceptors (Lipinski definition) is 12. The number of ketones is 2. The van der Waals surface area contributed by atoms with Crippen LogP contribution in [0.3, 0.4) is 0 Å². The number of halogens is 4. The lowest BCUT2D eigenvalue weighted by molar-refractivity contribution is 0.103. The Labute approximate surface area is 592 Å². The van der Waals surface area contributed by atoms with Crippen LogP contribution in [0, 0.1) is 86.3 Å². The van der Waals surface area contributed by atoms with Crippen molar-refractivity contribution in [3.8, 4) is 24.3 Å². The highest BCUT2D eigenvalue weighted by Gasteiger charge is 2.39. The maximum atomic E-state index is 15.2. The van der Waals surface area contributed by atoms with Crippen LogP contribution < -0.4 is 0 Å². The number of Topliss-reactive ketones (excluding diaryl/α,β-unsaturated/α-hetero) is 2. The molecule has 10 aromatic rings.